The zero-order valence-electron chi connectivity index (χ0n) is 12.6. The smallest absolute Gasteiger partial charge is 0.183 e. The molecule has 2 fully saturated rings. The molecule has 3 nitrogen and oxygen atoms in total. The topological polar surface area (TPSA) is 29.5 Å². The van der Waals surface area contributed by atoms with Gasteiger partial charge in [-0.15, -0.1) is 0 Å². The maximum absolute atomic E-state index is 13.3. The molecule has 0 amide bonds. The van der Waals surface area contributed by atoms with Gasteiger partial charge in [-0.25, -0.2) is 0 Å². The van der Waals surface area contributed by atoms with Gasteiger partial charge in [0.05, 0.1) is 12.1 Å². The van der Waals surface area contributed by atoms with Crippen LogP contribution >= 0.6 is 0 Å². The monoisotopic (exact) mass is 285 g/mol. The summed E-state index contributed by atoms with van der Waals surface area (Å²) in [5.41, 5.74) is 1.90. The molecule has 1 aliphatic carbocycles. The first kappa shape index (κ1) is 13.3. The van der Waals surface area contributed by atoms with E-state index in [0.29, 0.717) is 5.78 Å². The summed E-state index contributed by atoms with van der Waals surface area (Å²) < 4.78 is 5.56. The van der Waals surface area contributed by atoms with Crippen LogP contribution in [0.25, 0.3) is 0 Å². The molecule has 0 N–H and O–H groups in total. The molecule has 0 unspecified atom stereocenters. The van der Waals surface area contributed by atoms with Crippen LogP contribution < -0.4 is 4.74 Å². The number of carbonyl (C=O) groups excluding carboxylic acids is 1. The van der Waals surface area contributed by atoms with Crippen LogP contribution in [0, 0.1) is 0 Å². The van der Waals surface area contributed by atoms with E-state index in [2.05, 4.69) is 11.0 Å². The van der Waals surface area contributed by atoms with Crippen LogP contribution in [0.4, 0.5) is 0 Å². The molecule has 2 aliphatic heterocycles. The number of hydrogen-bond donors (Lipinski definition) is 0. The SMILES string of the molecule is O=C(c1ccc2c(c1)CCO2)C1(N2CCCC2)CCCC1. The molecule has 4 rings (SSSR count). The van der Waals surface area contributed by atoms with Gasteiger partial charge in [0.2, 0.25) is 0 Å². The molecule has 1 saturated heterocycles. The summed E-state index contributed by atoms with van der Waals surface area (Å²) in [6.45, 7) is 2.95. The Morgan fingerprint density at radius 2 is 1.86 bits per heavy atom. The highest BCUT2D eigenvalue weighted by atomic mass is 16.5. The Bertz CT molecular complexity index is 554. The largest absolute Gasteiger partial charge is 0.493 e. The van der Waals surface area contributed by atoms with E-state index in [9.17, 15) is 4.79 Å². The fraction of sp³-hybridized carbons (Fsp3) is 0.611. The van der Waals surface area contributed by atoms with Crippen molar-refractivity contribution in [3.8, 4) is 5.75 Å². The van der Waals surface area contributed by atoms with Crippen molar-refractivity contribution < 1.29 is 9.53 Å². The van der Waals surface area contributed by atoms with Gasteiger partial charge < -0.3 is 4.74 Å². The van der Waals surface area contributed by atoms with Gasteiger partial charge >= 0.3 is 0 Å². The normalized spacial score (nSPS) is 24.0. The molecule has 1 aromatic carbocycles. The van der Waals surface area contributed by atoms with Crippen molar-refractivity contribution in [1.29, 1.82) is 0 Å². The minimum absolute atomic E-state index is 0.204. The fourth-order valence-electron chi connectivity index (χ4n) is 4.39. The third kappa shape index (κ3) is 2.10. The maximum atomic E-state index is 13.3. The highest BCUT2D eigenvalue weighted by Crippen LogP contribution is 2.40. The summed E-state index contributed by atoms with van der Waals surface area (Å²) in [4.78, 5) is 15.8. The van der Waals surface area contributed by atoms with Gasteiger partial charge in [-0.3, -0.25) is 9.69 Å². The number of ketones is 1. The Hall–Kier alpha value is -1.35. The lowest BCUT2D eigenvalue weighted by atomic mass is 9.85. The van der Waals surface area contributed by atoms with Crippen LogP contribution in [0.15, 0.2) is 18.2 Å². The van der Waals surface area contributed by atoms with E-state index in [1.54, 1.807) is 0 Å². The number of ether oxygens (including phenoxy) is 1. The van der Waals surface area contributed by atoms with E-state index >= 15 is 0 Å². The molecule has 2 heterocycles. The molecule has 3 heteroatoms. The minimum atomic E-state index is -0.204. The average molecular weight is 285 g/mol. The Balaban J connectivity index is 1.68. The molecule has 0 atom stereocenters. The Labute approximate surface area is 126 Å². The number of fused-ring (bicyclic) bond motifs is 1. The lowest BCUT2D eigenvalue weighted by Gasteiger charge is -2.37. The number of likely N-dealkylation sites (tertiary alicyclic amines) is 1. The zero-order valence-corrected chi connectivity index (χ0v) is 12.6. The molecule has 1 aromatic rings. The lowest BCUT2D eigenvalue weighted by Crippen LogP contribution is -2.51. The van der Waals surface area contributed by atoms with Crippen molar-refractivity contribution in [2.75, 3.05) is 19.7 Å². The molecular weight excluding hydrogens is 262 g/mol. The summed E-state index contributed by atoms with van der Waals surface area (Å²) in [5.74, 6) is 1.32. The van der Waals surface area contributed by atoms with Crippen molar-refractivity contribution in [3.63, 3.8) is 0 Å². The third-order valence-corrected chi connectivity index (χ3v) is 5.52. The highest BCUT2D eigenvalue weighted by molar-refractivity contribution is 6.03. The Morgan fingerprint density at radius 3 is 2.62 bits per heavy atom. The molecule has 0 aromatic heterocycles. The van der Waals surface area contributed by atoms with Crippen molar-refractivity contribution in [2.24, 2.45) is 0 Å². The molecule has 0 spiro atoms. The zero-order chi connectivity index (χ0) is 14.3. The summed E-state index contributed by atoms with van der Waals surface area (Å²) in [5, 5.41) is 0. The van der Waals surface area contributed by atoms with E-state index in [1.165, 1.54) is 31.2 Å². The van der Waals surface area contributed by atoms with Gasteiger partial charge in [-0.1, -0.05) is 12.8 Å². The number of hydrogen-bond acceptors (Lipinski definition) is 3. The second kappa shape index (κ2) is 5.13. The number of Topliss-reactive ketones (excluding diaryl/α,β-unsaturated/α-hetero) is 1. The van der Waals surface area contributed by atoms with Crippen LogP contribution in [-0.4, -0.2) is 35.9 Å². The molecule has 21 heavy (non-hydrogen) atoms. The van der Waals surface area contributed by atoms with Crippen molar-refractivity contribution in [3.05, 3.63) is 29.3 Å². The fourth-order valence-corrected chi connectivity index (χ4v) is 4.39. The first-order valence-corrected chi connectivity index (χ1v) is 8.35. The van der Waals surface area contributed by atoms with Gasteiger partial charge in [0, 0.05) is 12.0 Å². The number of rotatable bonds is 3. The average Bonchev–Trinajstić information content (AvgIpc) is 3.24. The summed E-state index contributed by atoms with van der Waals surface area (Å²) in [6, 6.07) is 6.05. The summed E-state index contributed by atoms with van der Waals surface area (Å²) >= 11 is 0. The third-order valence-electron chi connectivity index (χ3n) is 5.52. The highest BCUT2D eigenvalue weighted by Gasteiger charge is 2.46. The molecule has 1 saturated carbocycles. The minimum Gasteiger partial charge on any atom is -0.493 e. The first-order valence-electron chi connectivity index (χ1n) is 8.35. The molecule has 3 aliphatic rings. The predicted molar refractivity (Wildman–Crippen MR) is 82.0 cm³/mol. The number of benzene rings is 1. The second-order valence-electron chi connectivity index (χ2n) is 6.68. The Morgan fingerprint density at radius 1 is 1.10 bits per heavy atom. The van der Waals surface area contributed by atoms with Gasteiger partial charge in [0.15, 0.2) is 5.78 Å². The quantitative estimate of drug-likeness (QED) is 0.799. The molecule has 112 valence electrons. The predicted octanol–water partition coefficient (Wildman–Crippen LogP) is 3.21. The van der Waals surface area contributed by atoms with Gasteiger partial charge in [-0.05, 0) is 62.5 Å². The van der Waals surface area contributed by atoms with Crippen LogP contribution in [-0.2, 0) is 6.42 Å². The number of nitrogens with zero attached hydrogens (tertiary/aromatic N) is 1. The first-order chi connectivity index (χ1) is 10.3. The molecular formula is C18H23NO2. The number of carbonyl (C=O) groups is 1. The van der Waals surface area contributed by atoms with Crippen LogP contribution in [0.1, 0.15) is 54.4 Å². The van der Waals surface area contributed by atoms with Gasteiger partial charge in [0.25, 0.3) is 0 Å². The van der Waals surface area contributed by atoms with Crippen LogP contribution in [0.3, 0.4) is 0 Å². The van der Waals surface area contributed by atoms with E-state index in [0.717, 1.165) is 50.3 Å². The maximum Gasteiger partial charge on any atom is 0.183 e. The van der Waals surface area contributed by atoms with Crippen LogP contribution in [0.2, 0.25) is 0 Å². The van der Waals surface area contributed by atoms with E-state index in [-0.39, 0.29) is 5.54 Å². The van der Waals surface area contributed by atoms with Gasteiger partial charge in [0.1, 0.15) is 5.75 Å². The second-order valence-corrected chi connectivity index (χ2v) is 6.68. The van der Waals surface area contributed by atoms with Crippen molar-refractivity contribution in [2.45, 2.75) is 50.5 Å². The van der Waals surface area contributed by atoms with Crippen LogP contribution in [0.5, 0.6) is 5.75 Å². The van der Waals surface area contributed by atoms with Crippen molar-refractivity contribution >= 4 is 5.78 Å². The lowest BCUT2D eigenvalue weighted by molar-refractivity contribution is 0.0626. The molecule has 0 radical (unpaired) electrons. The van der Waals surface area contributed by atoms with Gasteiger partial charge in [-0.2, -0.15) is 0 Å². The summed E-state index contributed by atoms with van der Waals surface area (Å²) in [6.07, 6.45) is 7.89. The summed E-state index contributed by atoms with van der Waals surface area (Å²) in [7, 11) is 0. The van der Waals surface area contributed by atoms with E-state index in [1.807, 2.05) is 12.1 Å². The van der Waals surface area contributed by atoms with Crippen molar-refractivity contribution in [1.82, 2.24) is 4.90 Å². The standard InChI is InChI=1S/C18H23NO2/c20-17(15-5-6-16-14(13-15)7-12-21-16)18(8-1-2-9-18)19-10-3-4-11-19/h5-6,13H,1-4,7-12H2. The van der Waals surface area contributed by atoms with E-state index in [4.69, 9.17) is 4.74 Å². The molecule has 0 bridgehead atoms. The Kier molecular flexibility index (Phi) is 3.26. The van der Waals surface area contributed by atoms with E-state index < -0.39 is 0 Å².